The fraction of sp³-hybridized carbons (Fsp3) is 0.800. The third-order valence-corrected chi connectivity index (χ3v) is 2.38. The van der Waals surface area contributed by atoms with Crippen LogP contribution in [-0.2, 0) is 4.79 Å². The molecular weight excluding hydrogens is 156 g/mol. The van der Waals surface area contributed by atoms with Gasteiger partial charge in [-0.3, -0.25) is 9.88 Å². The second kappa shape index (κ2) is 2.44. The van der Waals surface area contributed by atoms with Crippen molar-refractivity contribution in [2.75, 3.05) is 0 Å². The third-order valence-electron chi connectivity index (χ3n) is 1.83. The standard InChI is InChI=1S/C5H9FNO2P/c6-3-1-5(2-3,7-10)4(8)9/h3,7H,1-2,10H2,(H,8,9)/t3-,5-. The fourth-order valence-electron chi connectivity index (χ4n) is 1.05. The van der Waals surface area contributed by atoms with E-state index in [2.05, 4.69) is 14.5 Å². The molecule has 1 rings (SSSR count). The summed E-state index contributed by atoms with van der Waals surface area (Å²) in [6.07, 6.45) is -0.804. The first-order valence-electron chi connectivity index (χ1n) is 2.96. The normalized spacial score (nSPS) is 38.8. The number of aliphatic carboxylic acids is 1. The Morgan fingerprint density at radius 3 is 2.40 bits per heavy atom. The van der Waals surface area contributed by atoms with Crippen molar-refractivity contribution in [3.63, 3.8) is 0 Å². The molecule has 1 atom stereocenters. The third kappa shape index (κ3) is 1.02. The van der Waals surface area contributed by atoms with Crippen LogP contribution < -0.4 is 5.09 Å². The molecule has 1 unspecified atom stereocenters. The second-order valence-corrected chi connectivity index (χ2v) is 2.83. The first-order valence-corrected chi connectivity index (χ1v) is 3.54. The average molecular weight is 165 g/mol. The first-order chi connectivity index (χ1) is 4.60. The minimum absolute atomic E-state index is 0.0752. The molecule has 1 aliphatic rings. The second-order valence-electron chi connectivity index (χ2n) is 2.54. The van der Waals surface area contributed by atoms with Crippen LogP contribution in [0.5, 0.6) is 0 Å². The summed E-state index contributed by atoms with van der Waals surface area (Å²) in [5.74, 6) is -0.976. The van der Waals surface area contributed by atoms with Crippen molar-refractivity contribution in [2.45, 2.75) is 24.6 Å². The van der Waals surface area contributed by atoms with Gasteiger partial charge in [0.25, 0.3) is 0 Å². The molecule has 0 radical (unpaired) electrons. The van der Waals surface area contributed by atoms with E-state index >= 15 is 0 Å². The smallest absolute Gasteiger partial charge is 0.324 e. The predicted octanol–water partition coefficient (Wildman–Crippen LogP) is 0.321. The Balaban J connectivity index is 2.56. The summed E-state index contributed by atoms with van der Waals surface area (Å²) in [6, 6.07) is 0. The van der Waals surface area contributed by atoms with E-state index in [-0.39, 0.29) is 12.8 Å². The molecule has 58 valence electrons. The molecule has 1 aliphatic carbocycles. The van der Waals surface area contributed by atoms with Gasteiger partial charge in [0.15, 0.2) is 0 Å². The Hall–Kier alpha value is -0.210. The van der Waals surface area contributed by atoms with E-state index in [9.17, 15) is 9.18 Å². The minimum Gasteiger partial charge on any atom is -0.480 e. The Bertz CT molecular complexity index is 158. The molecule has 2 N–H and O–H groups in total. The van der Waals surface area contributed by atoms with Crippen molar-refractivity contribution in [2.24, 2.45) is 0 Å². The van der Waals surface area contributed by atoms with Crippen LogP contribution in [0.4, 0.5) is 4.39 Å². The van der Waals surface area contributed by atoms with Crippen LogP contribution in [0.3, 0.4) is 0 Å². The van der Waals surface area contributed by atoms with Crippen LogP contribution in [0.2, 0.25) is 0 Å². The summed E-state index contributed by atoms with van der Waals surface area (Å²) in [5, 5.41) is 11.1. The van der Waals surface area contributed by atoms with E-state index in [0.717, 1.165) is 0 Å². The van der Waals surface area contributed by atoms with Gasteiger partial charge < -0.3 is 5.11 Å². The highest BCUT2D eigenvalue weighted by Crippen LogP contribution is 2.35. The lowest BCUT2D eigenvalue weighted by molar-refractivity contribution is -0.150. The summed E-state index contributed by atoms with van der Waals surface area (Å²) in [7, 11) is 2.11. The van der Waals surface area contributed by atoms with Gasteiger partial charge in [-0.2, -0.15) is 0 Å². The summed E-state index contributed by atoms with van der Waals surface area (Å²) in [6.45, 7) is 0. The Morgan fingerprint density at radius 2 is 2.30 bits per heavy atom. The molecule has 10 heavy (non-hydrogen) atoms. The van der Waals surface area contributed by atoms with Crippen LogP contribution in [0, 0.1) is 0 Å². The maximum Gasteiger partial charge on any atom is 0.324 e. The summed E-state index contributed by atoms with van der Waals surface area (Å²) in [4.78, 5) is 10.4. The number of hydrogen-bond donors (Lipinski definition) is 2. The Morgan fingerprint density at radius 1 is 1.80 bits per heavy atom. The molecule has 1 saturated carbocycles. The Labute approximate surface area is 60.3 Å². The first kappa shape index (κ1) is 7.89. The maximum absolute atomic E-state index is 12.2. The fourth-order valence-corrected chi connectivity index (χ4v) is 1.41. The van der Waals surface area contributed by atoms with Crippen molar-refractivity contribution in [3.05, 3.63) is 0 Å². The highest BCUT2D eigenvalue weighted by molar-refractivity contribution is 7.13. The molecule has 0 aliphatic heterocycles. The predicted molar refractivity (Wildman–Crippen MR) is 37.3 cm³/mol. The highest BCUT2D eigenvalue weighted by Gasteiger charge is 2.49. The molecule has 0 bridgehead atoms. The van der Waals surface area contributed by atoms with E-state index in [1.165, 1.54) is 0 Å². The zero-order valence-corrected chi connectivity index (χ0v) is 6.46. The molecule has 0 aromatic rings. The van der Waals surface area contributed by atoms with Crippen molar-refractivity contribution in [1.82, 2.24) is 5.09 Å². The number of carbonyl (C=O) groups is 1. The number of nitrogens with one attached hydrogen (secondary N) is 1. The molecule has 0 aromatic heterocycles. The van der Waals surface area contributed by atoms with Gasteiger partial charge in [0.2, 0.25) is 0 Å². The van der Waals surface area contributed by atoms with Crippen molar-refractivity contribution in [3.8, 4) is 0 Å². The summed E-state index contributed by atoms with van der Waals surface area (Å²) in [5.41, 5.74) is -1.01. The molecule has 0 heterocycles. The highest BCUT2D eigenvalue weighted by atomic mass is 31.0. The zero-order chi connectivity index (χ0) is 7.78. The van der Waals surface area contributed by atoms with E-state index in [0.29, 0.717) is 0 Å². The molecule has 0 spiro atoms. The van der Waals surface area contributed by atoms with E-state index in [1.807, 2.05) is 0 Å². The van der Waals surface area contributed by atoms with Crippen molar-refractivity contribution < 1.29 is 14.3 Å². The largest absolute Gasteiger partial charge is 0.480 e. The number of halogens is 1. The topological polar surface area (TPSA) is 49.3 Å². The van der Waals surface area contributed by atoms with Crippen molar-refractivity contribution in [1.29, 1.82) is 0 Å². The van der Waals surface area contributed by atoms with Gasteiger partial charge >= 0.3 is 5.97 Å². The molecule has 5 heteroatoms. The molecule has 0 aromatic carbocycles. The monoisotopic (exact) mass is 165 g/mol. The van der Waals surface area contributed by atoms with E-state index < -0.39 is 17.7 Å². The number of rotatable bonds is 2. The van der Waals surface area contributed by atoms with Gasteiger partial charge in [0.05, 0.1) is 0 Å². The summed E-state index contributed by atoms with van der Waals surface area (Å²) >= 11 is 0. The van der Waals surface area contributed by atoms with Gasteiger partial charge in [0.1, 0.15) is 11.7 Å². The zero-order valence-electron chi connectivity index (χ0n) is 5.30. The van der Waals surface area contributed by atoms with E-state index in [1.54, 1.807) is 0 Å². The molecular formula is C5H9FNO2P. The number of hydrogen-bond acceptors (Lipinski definition) is 2. The average Bonchev–Trinajstić information content (AvgIpc) is 1.79. The number of carboxylic acid groups (broad SMARTS) is 1. The van der Waals surface area contributed by atoms with Crippen LogP contribution in [0.25, 0.3) is 0 Å². The van der Waals surface area contributed by atoms with Crippen LogP contribution in [-0.4, -0.2) is 22.8 Å². The lowest BCUT2D eigenvalue weighted by Crippen LogP contribution is -2.58. The Kier molecular flexibility index (Phi) is 1.92. The lowest BCUT2D eigenvalue weighted by atomic mass is 9.76. The minimum atomic E-state index is -1.01. The maximum atomic E-state index is 12.2. The molecule has 0 saturated heterocycles. The van der Waals surface area contributed by atoms with Crippen molar-refractivity contribution >= 4 is 15.4 Å². The van der Waals surface area contributed by atoms with Crippen LogP contribution >= 0.6 is 9.39 Å². The van der Waals surface area contributed by atoms with E-state index in [4.69, 9.17) is 5.11 Å². The quantitative estimate of drug-likeness (QED) is 0.579. The lowest BCUT2D eigenvalue weighted by Gasteiger charge is -2.39. The van der Waals surface area contributed by atoms with Gasteiger partial charge in [-0.05, 0) is 0 Å². The summed E-state index contributed by atoms with van der Waals surface area (Å²) < 4.78 is 12.2. The molecule has 1 fully saturated rings. The molecule has 0 amide bonds. The number of alkyl halides is 1. The van der Waals surface area contributed by atoms with Gasteiger partial charge in [-0.15, -0.1) is 0 Å². The molecule has 3 nitrogen and oxygen atoms in total. The van der Waals surface area contributed by atoms with Gasteiger partial charge in [-0.25, -0.2) is 4.39 Å². The van der Waals surface area contributed by atoms with Crippen LogP contribution in [0.1, 0.15) is 12.8 Å². The SMILES string of the molecule is O=C(O)[C@]1(NP)C[C@H](F)C1. The van der Waals surface area contributed by atoms with Gasteiger partial charge in [-0.1, -0.05) is 9.39 Å². The van der Waals surface area contributed by atoms with Crippen LogP contribution in [0.15, 0.2) is 0 Å². The number of carboxylic acids is 1. The van der Waals surface area contributed by atoms with Gasteiger partial charge in [0, 0.05) is 12.8 Å².